The van der Waals surface area contributed by atoms with Crippen LogP contribution in [0.5, 0.6) is 11.8 Å². The van der Waals surface area contributed by atoms with Gasteiger partial charge in [0, 0.05) is 54.6 Å². The number of benzene rings is 2. The first-order valence-corrected chi connectivity index (χ1v) is 25.8. The summed E-state index contributed by atoms with van der Waals surface area (Å²) in [5, 5.41) is 30.2. The maximum atomic E-state index is 12.4. The Hall–Kier alpha value is -6.92. The zero-order chi connectivity index (χ0) is 56.1. The molecule has 2 aromatic carbocycles. The van der Waals surface area contributed by atoms with Crippen LogP contribution >= 0.6 is 22.6 Å². The Morgan fingerprint density at radius 2 is 1.19 bits per heavy atom. The number of ether oxygens (including phenoxy) is 3. The molecule has 0 radical (unpaired) electrons. The number of nitrogen functional groups attached to an aromatic ring is 2. The smallest absolute Gasteiger partial charge is 0.468 e. The molecule has 20 nitrogen and oxygen atoms in total. The van der Waals surface area contributed by atoms with E-state index in [4.69, 9.17) is 36.1 Å². The summed E-state index contributed by atoms with van der Waals surface area (Å²) in [5.74, 6) is 1.53. The predicted molar refractivity (Wildman–Crippen MR) is 288 cm³/mol. The van der Waals surface area contributed by atoms with Crippen molar-refractivity contribution in [1.29, 1.82) is 0 Å². The number of amides is 1. The highest BCUT2D eigenvalue weighted by Crippen LogP contribution is 2.34. The number of rotatable bonds is 10. The number of hydrogen-bond donors (Lipinski definition) is 4. The number of anilines is 2. The number of piperidine rings is 2. The lowest BCUT2D eigenvalue weighted by molar-refractivity contribution is -0.154. The molecule has 1 amide bonds. The minimum absolute atomic E-state index is 0.0805. The van der Waals surface area contributed by atoms with Gasteiger partial charge in [0.15, 0.2) is 24.5 Å². The third-order valence-corrected chi connectivity index (χ3v) is 13.5. The van der Waals surface area contributed by atoms with Crippen molar-refractivity contribution < 1.29 is 55.4 Å². The van der Waals surface area contributed by atoms with E-state index in [0.717, 1.165) is 77.5 Å². The third-order valence-electron chi connectivity index (χ3n) is 12.7. The van der Waals surface area contributed by atoms with Gasteiger partial charge in [0.25, 0.3) is 0 Å². The summed E-state index contributed by atoms with van der Waals surface area (Å²) < 4.78 is 92.6. The Kier molecular flexibility index (Phi) is 17.6. The van der Waals surface area contributed by atoms with Crippen molar-refractivity contribution >= 4 is 96.8 Å². The number of carbonyl (C=O) groups excluding carboxylic acids is 1. The monoisotopic (exact) mass is 1200 g/mol. The maximum Gasteiger partial charge on any atom is 0.488 e. The molecule has 2 aliphatic rings. The quantitative estimate of drug-likeness (QED) is 0.0590. The number of halogens is 7. The first kappa shape index (κ1) is 57.3. The molecule has 78 heavy (non-hydrogen) atoms. The molecule has 0 saturated carbocycles. The Bertz CT molecular complexity index is 3380. The van der Waals surface area contributed by atoms with Crippen molar-refractivity contribution in [2.75, 3.05) is 57.9 Å². The fourth-order valence-electron chi connectivity index (χ4n) is 8.84. The minimum Gasteiger partial charge on any atom is -0.468 e. The van der Waals surface area contributed by atoms with E-state index in [1.165, 1.54) is 49.1 Å². The molecular formula is C50H56BF6IN14O6. The predicted octanol–water partition coefficient (Wildman–Crippen LogP) is 7.42. The second kappa shape index (κ2) is 24.0. The van der Waals surface area contributed by atoms with Crippen LogP contribution in [0.15, 0.2) is 73.3 Å². The van der Waals surface area contributed by atoms with Crippen LogP contribution < -0.4 is 26.4 Å². The number of likely N-dealkylation sites (tertiary alicyclic amines) is 2. The molecular weight excluding hydrogens is 1140 g/mol. The summed E-state index contributed by atoms with van der Waals surface area (Å²) in [6, 6.07) is 15.7. The van der Waals surface area contributed by atoms with E-state index in [1.807, 2.05) is 42.3 Å². The fraction of sp³-hybridized carbons (Fsp3) is 0.420. The average Bonchev–Trinajstić information content (AvgIpc) is 3.98. The zero-order valence-corrected chi connectivity index (χ0v) is 45.0. The minimum atomic E-state index is -4.42. The van der Waals surface area contributed by atoms with Gasteiger partial charge >= 0.3 is 25.6 Å². The Labute approximate surface area is 456 Å². The Morgan fingerprint density at radius 3 is 1.73 bits per heavy atom. The van der Waals surface area contributed by atoms with Gasteiger partial charge in [-0.1, -0.05) is 18.2 Å². The molecule has 0 bridgehead atoms. The van der Waals surface area contributed by atoms with Gasteiger partial charge in [0.2, 0.25) is 11.8 Å². The molecule has 0 aliphatic carbocycles. The van der Waals surface area contributed by atoms with Gasteiger partial charge in [-0.15, -0.1) is 0 Å². The maximum absolute atomic E-state index is 12.4. The SMILES string of the molecule is CC(C)(C)OC(=O)N1CCC(Cn2nc(I)c3c(N)ncnc32)CC1.CN1CCC(Cn2nc(-c3ccc4nc(OCC(F)(F)F)ccc4c3)c3c(N)ncnc32)CC1.OB(O)c1ccc2nc(OCC(F)(F)F)ccc2c1. The lowest BCUT2D eigenvalue weighted by Crippen LogP contribution is -2.42. The normalized spacial score (nSPS) is 15.0. The van der Waals surface area contributed by atoms with E-state index in [0.29, 0.717) is 69.7 Å². The Morgan fingerprint density at radius 1 is 0.692 bits per heavy atom. The van der Waals surface area contributed by atoms with E-state index >= 15 is 0 Å². The second-order valence-corrected chi connectivity index (χ2v) is 20.9. The first-order valence-electron chi connectivity index (χ1n) is 24.7. The molecule has 10 rings (SSSR count). The zero-order valence-electron chi connectivity index (χ0n) is 42.8. The first-order chi connectivity index (χ1) is 36.9. The van der Waals surface area contributed by atoms with Gasteiger partial charge in [-0.2, -0.15) is 36.5 Å². The second-order valence-electron chi connectivity index (χ2n) is 19.9. The fourth-order valence-corrected chi connectivity index (χ4v) is 9.62. The topological polar surface area (TPSA) is 257 Å². The number of pyridine rings is 2. The number of hydrogen-bond acceptors (Lipinski definition) is 17. The van der Waals surface area contributed by atoms with E-state index in [9.17, 15) is 31.1 Å². The summed E-state index contributed by atoms with van der Waals surface area (Å²) in [7, 11) is 0.525. The molecule has 0 unspecified atom stereocenters. The molecule has 2 aliphatic heterocycles. The lowest BCUT2D eigenvalue weighted by Gasteiger charge is -2.33. The molecule has 414 valence electrons. The number of alkyl halides is 6. The van der Waals surface area contributed by atoms with E-state index in [2.05, 4.69) is 74.3 Å². The van der Waals surface area contributed by atoms with Crippen LogP contribution in [0.3, 0.4) is 0 Å². The van der Waals surface area contributed by atoms with Crippen LogP contribution in [0, 0.1) is 15.5 Å². The highest BCUT2D eigenvalue weighted by atomic mass is 127. The highest BCUT2D eigenvalue weighted by molar-refractivity contribution is 14.1. The van der Waals surface area contributed by atoms with Crippen LogP contribution in [0.4, 0.5) is 42.8 Å². The average molecular weight is 1200 g/mol. The van der Waals surface area contributed by atoms with E-state index < -0.39 is 38.3 Å². The lowest BCUT2D eigenvalue weighted by atomic mass is 9.80. The molecule has 28 heteroatoms. The van der Waals surface area contributed by atoms with Gasteiger partial charge in [-0.05, 0) is 137 Å². The summed E-state index contributed by atoms with van der Waals surface area (Å²) in [4.78, 5) is 41.3. The molecule has 0 spiro atoms. The molecule has 8 heterocycles. The molecule has 8 aromatic rings. The third kappa shape index (κ3) is 15.0. The Balaban J connectivity index is 0.000000162. The summed E-state index contributed by atoms with van der Waals surface area (Å²) >= 11 is 2.16. The highest BCUT2D eigenvalue weighted by Gasteiger charge is 2.31. The number of nitrogens with two attached hydrogens (primary N) is 2. The van der Waals surface area contributed by atoms with E-state index in [1.54, 1.807) is 17.0 Å². The van der Waals surface area contributed by atoms with Crippen molar-refractivity contribution in [1.82, 2.24) is 59.3 Å². The molecule has 6 aromatic heterocycles. The summed E-state index contributed by atoms with van der Waals surface area (Å²) in [6.07, 6.45) is -2.14. The van der Waals surface area contributed by atoms with Gasteiger partial charge in [-0.3, -0.25) is 0 Å². The van der Waals surface area contributed by atoms with Crippen LogP contribution in [-0.4, -0.2) is 147 Å². The largest absolute Gasteiger partial charge is 0.488 e. The number of carbonyl (C=O) groups is 1. The molecule has 6 N–H and O–H groups in total. The van der Waals surface area contributed by atoms with Crippen LogP contribution in [0.2, 0.25) is 0 Å². The van der Waals surface area contributed by atoms with Crippen molar-refractivity contribution in [2.45, 2.75) is 77.5 Å². The number of aromatic nitrogens is 10. The molecule has 0 atom stereocenters. The molecule has 2 saturated heterocycles. The van der Waals surface area contributed by atoms with Gasteiger partial charge in [-0.25, -0.2) is 44.1 Å². The number of fused-ring (bicyclic) bond motifs is 4. The van der Waals surface area contributed by atoms with Crippen LogP contribution in [-0.2, 0) is 17.8 Å². The standard InChI is InChI=1S/C23H24F3N7O.C16H23IN6O2.C11H9BF3NO3/c1-32-8-6-14(7-9-32)11-33-22-19(21(27)28-13-29-22)20(31-33)16-2-4-17-15(10-16)3-5-18(30-17)34-12-23(24,25)26;1-16(2,3)25-15(24)22-6-4-10(5-7-22)8-23-14-11(12(17)21-23)13(18)19-9-20-14;13-11(14,15)6-19-10-4-1-7-5-8(12(17)18)2-3-9(7)16-10/h2-5,10,13-14H,6-9,11-12H2,1H3,(H2,27,28,29);9-10H,4-8H2,1-3H3,(H2,18,19,20);1-5,17-18H,6H2. The van der Waals surface area contributed by atoms with Gasteiger partial charge in [0.05, 0.1) is 21.8 Å². The summed E-state index contributed by atoms with van der Waals surface area (Å²) in [5.41, 5.74) is 15.8. The number of nitrogens with zero attached hydrogens (tertiary/aromatic N) is 12. The van der Waals surface area contributed by atoms with Crippen molar-refractivity contribution in [2.24, 2.45) is 11.8 Å². The van der Waals surface area contributed by atoms with Crippen LogP contribution in [0.25, 0.3) is 55.1 Å². The van der Waals surface area contributed by atoms with Crippen LogP contribution in [0.1, 0.15) is 46.5 Å². The van der Waals surface area contributed by atoms with Crippen molar-refractivity contribution in [3.05, 3.63) is 77.0 Å². The van der Waals surface area contributed by atoms with Crippen molar-refractivity contribution in [3.8, 4) is 23.0 Å². The van der Waals surface area contributed by atoms with E-state index in [-0.39, 0.29) is 23.3 Å². The van der Waals surface area contributed by atoms with Crippen molar-refractivity contribution in [3.63, 3.8) is 0 Å². The van der Waals surface area contributed by atoms with Gasteiger partial charge < -0.3 is 45.5 Å². The van der Waals surface area contributed by atoms with Gasteiger partial charge in [0.1, 0.15) is 39.3 Å². The summed E-state index contributed by atoms with van der Waals surface area (Å²) in [6.45, 7) is 7.89. The molecule has 2 fully saturated rings.